The number of ether oxygens (including phenoxy) is 2. The number of hydrogen-bond acceptors (Lipinski definition) is 6. The molecule has 156 valence electrons. The maximum atomic E-state index is 12.2. The van der Waals surface area contributed by atoms with Crippen molar-refractivity contribution < 1.29 is 14.6 Å². The Hall–Kier alpha value is -2.02. The third-order valence-electron chi connectivity index (χ3n) is 6.33. The van der Waals surface area contributed by atoms with E-state index in [9.17, 15) is 5.11 Å². The van der Waals surface area contributed by atoms with Crippen molar-refractivity contribution in [3.63, 3.8) is 0 Å². The number of nitrogens with zero attached hydrogens (tertiary/aromatic N) is 3. The molecule has 6 heteroatoms. The highest BCUT2D eigenvalue weighted by Crippen LogP contribution is 2.50. The number of hydrogen-bond donors (Lipinski definition) is 1. The first-order valence-electron chi connectivity index (χ1n) is 10.4. The lowest BCUT2D eigenvalue weighted by Crippen LogP contribution is -2.63. The zero-order valence-electron chi connectivity index (χ0n) is 17.8. The van der Waals surface area contributed by atoms with Gasteiger partial charge >= 0.3 is 0 Å². The zero-order valence-corrected chi connectivity index (χ0v) is 17.8. The van der Waals surface area contributed by atoms with Crippen LogP contribution in [0.4, 0.5) is 0 Å². The summed E-state index contributed by atoms with van der Waals surface area (Å²) in [5, 5.41) is 20.5. The quantitative estimate of drug-likeness (QED) is 0.808. The van der Waals surface area contributed by atoms with Gasteiger partial charge in [-0.15, -0.1) is 5.10 Å². The van der Waals surface area contributed by atoms with E-state index in [1.54, 1.807) is 6.20 Å². The second kappa shape index (κ2) is 7.67. The average Bonchev–Trinajstić information content (AvgIpc) is 3.19. The van der Waals surface area contributed by atoms with Crippen molar-refractivity contribution in [1.29, 1.82) is 0 Å². The molecule has 2 fully saturated rings. The molecule has 0 saturated carbocycles. The summed E-state index contributed by atoms with van der Waals surface area (Å²) >= 11 is 0. The fourth-order valence-electron chi connectivity index (χ4n) is 4.73. The SMILES string of the molecule is CC(C)c1ccc(C(O)(c2cnnc(OC3CCOC3)c2)C2(C)CN(C)C2)cc1. The van der Waals surface area contributed by atoms with E-state index in [0.29, 0.717) is 30.6 Å². The molecular weight excluding hydrogens is 366 g/mol. The molecule has 0 aliphatic carbocycles. The molecule has 2 aromatic rings. The Labute approximate surface area is 172 Å². The molecule has 0 amide bonds. The van der Waals surface area contributed by atoms with Crippen LogP contribution in [0.2, 0.25) is 0 Å². The molecule has 6 nitrogen and oxygen atoms in total. The standard InChI is InChI=1S/C23H31N3O3/c1-16(2)17-5-7-18(8-6-17)23(27,22(3)14-26(4)15-22)19-11-21(25-24-12-19)29-20-9-10-28-13-20/h5-8,11-12,16,20,27H,9-10,13-15H2,1-4H3. The second-order valence-electron chi connectivity index (χ2n) is 9.11. The summed E-state index contributed by atoms with van der Waals surface area (Å²) in [6.07, 6.45) is 2.50. The lowest BCUT2D eigenvalue weighted by atomic mass is 9.62. The van der Waals surface area contributed by atoms with Gasteiger partial charge in [-0.05, 0) is 24.1 Å². The van der Waals surface area contributed by atoms with Crippen molar-refractivity contribution >= 4 is 0 Å². The van der Waals surface area contributed by atoms with Crippen LogP contribution in [0.3, 0.4) is 0 Å². The zero-order chi connectivity index (χ0) is 20.6. The van der Waals surface area contributed by atoms with Crippen LogP contribution < -0.4 is 4.74 Å². The van der Waals surface area contributed by atoms with Crippen LogP contribution in [0.25, 0.3) is 0 Å². The van der Waals surface area contributed by atoms with Gasteiger partial charge in [-0.1, -0.05) is 45.0 Å². The second-order valence-corrected chi connectivity index (χ2v) is 9.11. The normalized spacial score (nSPS) is 23.6. The van der Waals surface area contributed by atoms with Gasteiger partial charge in [-0.2, -0.15) is 5.10 Å². The van der Waals surface area contributed by atoms with Crippen LogP contribution in [0, 0.1) is 5.41 Å². The molecule has 29 heavy (non-hydrogen) atoms. The van der Waals surface area contributed by atoms with E-state index in [0.717, 1.165) is 25.1 Å². The number of aliphatic hydroxyl groups is 1. The first-order chi connectivity index (χ1) is 13.8. The molecule has 2 saturated heterocycles. The monoisotopic (exact) mass is 397 g/mol. The highest BCUT2D eigenvalue weighted by molar-refractivity contribution is 5.41. The van der Waals surface area contributed by atoms with Crippen LogP contribution in [0.15, 0.2) is 36.5 Å². The highest BCUT2D eigenvalue weighted by atomic mass is 16.5. The van der Waals surface area contributed by atoms with Crippen molar-refractivity contribution in [2.45, 2.75) is 44.8 Å². The number of benzene rings is 1. The molecule has 3 heterocycles. The fourth-order valence-corrected chi connectivity index (χ4v) is 4.73. The molecule has 1 aromatic heterocycles. The van der Waals surface area contributed by atoms with Crippen molar-refractivity contribution in [3.8, 4) is 5.88 Å². The van der Waals surface area contributed by atoms with Crippen LogP contribution >= 0.6 is 0 Å². The third-order valence-corrected chi connectivity index (χ3v) is 6.33. The third kappa shape index (κ3) is 3.65. The molecule has 2 atom stereocenters. The van der Waals surface area contributed by atoms with Crippen molar-refractivity contribution in [2.75, 3.05) is 33.4 Å². The topological polar surface area (TPSA) is 67.7 Å². The van der Waals surface area contributed by atoms with Gasteiger partial charge in [0, 0.05) is 36.6 Å². The average molecular weight is 398 g/mol. The van der Waals surface area contributed by atoms with E-state index >= 15 is 0 Å². The van der Waals surface area contributed by atoms with Crippen molar-refractivity contribution in [2.24, 2.45) is 5.41 Å². The Kier molecular flexibility index (Phi) is 5.36. The molecule has 1 aromatic carbocycles. The molecule has 2 unspecified atom stereocenters. The maximum Gasteiger partial charge on any atom is 0.234 e. The van der Waals surface area contributed by atoms with Crippen molar-refractivity contribution in [3.05, 3.63) is 53.2 Å². The summed E-state index contributed by atoms with van der Waals surface area (Å²) in [5.41, 5.74) is 1.33. The lowest BCUT2D eigenvalue weighted by molar-refractivity contribution is -0.127. The van der Waals surface area contributed by atoms with Gasteiger partial charge in [0.2, 0.25) is 5.88 Å². The Morgan fingerprint density at radius 2 is 1.97 bits per heavy atom. The summed E-state index contributed by atoms with van der Waals surface area (Å²) in [6.45, 7) is 9.34. The maximum absolute atomic E-state index is 12.2. The fraction of sp³-hybridized carbons (Fsp3) is 0.565. The first kappa shape index (κ1) is 20.3. The van der Waals surface area contributed by atoms with Gasteiger partial charge in [0.15, 0.2) is 0 Å². The minimum atomic E-state index is -1.19. The van der Waals surface area contributed by atoms with Gasteiger partial charge in [-0.3, -0.25) is 0 Å². The molecule has 0 radical (unpaired) electrons. The summed E-state index contributed by atoms with van der Waals surface area (Å²) < 4.78 is 11.4. The highest BCUT2D eigenvalue weighted by Gasteiger charge is 2.55. The van der Waals surface area contributed by atoms with Crippen LogP contribution in [-0.4, -0.2) is 59.7 Å². The van der Waals surface area contributed by atoms with Crippen LogP contribution in [0.5, 0.6) is 5.88 Å². The van der Waals surface area contributed by atoms with E-state index < -0.39 is 5.60 Å². The van der Waals surface area contributed by atoms with E-state index in [-0.39, 0.29) is 11.5 Å². The predicted octanol–water partition coefficient (Wildman–Crippen LogP) is 2.96. The summed E-state index contributed by atoms with van der Waals surface area (Å²) in [4.78, 5) is 2.22. The summed E-state index contributed by atoms with van der Waals surface area (Å²) in [5.74, 6) is 0.880. The first-order valence-corrected chi connectivity index (χ1v) is 10.4. The molecule has 1 N–H and O–H groups in total. The van der Waals surface area contributed by atoms with E-state index in [1.165, 1.54) is 5.56 Å². The largest absolute Gasteiger partial charge is 0.471 e. The summed E-state index contributed by atoms with van der Waals surface area (Å²) in [7, 11) is 2.07. The number of rotatable bonds is 6. The number of aromatic nitrogens is 2. The Balaban J connectivity index is 1.73. The molecule has 2 aliphatic rings. The Morgan fingerprint density at radius 3 is 2.55 bits per heavy atom. The molecule has 4 rings (SSSR count). The van der Waals surface area contributed by atoms with Crippen molar-refractivity contribution in [1.82, 2.24) is 15.1 Å². The van der Waals surface area contributed by atoms with Gasteiger partial charge in [0.1, 0.15) is 11.7 Å². The van der Waals surface area contributed by atoms with Gasteiger partial charge in [0.25, 0.3) is 0 Å². The van der Waals surface area contributed by atoms with E-state index in [1.807, 2.05) is 18.2 Å². The van der Waals surface area contributed by atoms with Gasteiger partial charge in [-0.25, -0.2) is 0 Å². The predicted molar refractivity (Wildman–Crippen MR) is 111 cm³/mol. The van der Waals surface area contributed by atoms with Gasteiger partial charge < -0.3 is 19.5 Å². The smallest absolute Gasteiger partial charge is 0.234 e. The molecule has 0 spiro atoms. The Morgan fingerprint density at radius 1 is 1.24 bits per heavy atom. The minimum Gasteiger partial charge on any atom is -0.471 e. The van der Waals surface area contributed by atoms with E-state index in [4.69, 9.17) is 9.47 Å². The number of likely N-dealkylation sites (tertiary alicyclic amines) is 1. The van der Waals surface area contributed by atoms with E-state index in [2.05, 4.69) is 55.0 Å². The molecule has 0 bridgehead atoms. The van der Waals surface area contributed by atoms with Crippen LogP contribution in [0.1, 0.15) is 49.8 Å². The minimum absolute atomic E-state index is 0.0107. The lowest BCUT2D eigenvalue weighted by Gasteiger charge is -2.55. The molecular formula is C23H31N3O3. The van der Waals surface area contributed by atoms with Gasteiger partial charge in [0.05, 0.1) is 19.4 Å². The summed E-state index contributed by atoms with van der Waals surface area (Å²) in [6, 6.07) is 10.2. The van der Waals surface area contributed by atoms with Crippen LogP contribution in [-0.2, 0) is 10.3 Å². The molecule has 2 aliphatic heterocycles. The Bertz CT molecular complexity index is 843.